The highest BCUT2D eigenvalue weighted by molar-refractivity contribution is 7.14. The Morgan fingerprint density at radius 3 is 1.71 bits per heavy atom. The number of aromatic amines is 1. The summed E-state index contributed by atoms with van der Waals surface area (Å²) in [6.07, 6.45) is 6.74. The van der Waals surface area contributed by atoms with Crippen LogP contribution in [0.2, 0.25) is 9.62 Å². The van der Waals surface area contributed by atoms with Gasteiger partial charge in [0.15, 0.2) is 9.60 Å². The third-order valence-electron chi connectivity index (χ3n) is 2.60. The molecule has 6 aromatic rings. The van der Waals surface area contributed by atoms with E-state index in [0.717, 1.165) is 5.69 Å². The number of nitrogens with one attached hydrogen (secondary N) is 1. The molecular weight excluding hydrogens is 606 g/mol. The zero-order chi connectivity index (χ0) is 25.6. The first-order valence-electron chi connectivity index (χ1n) is 9.00. The predicted molar refractivity (Wildman–Crippen MR) is 155 cm³/mol. The van der Waals surface area contributed by atoms with E-state index in [2.05, 4.69) is 29.9 Å². The van der Waals surface area contributed by atoms with Crippen molar-refractivity contribution >= 4 is 96.4 Å². The minimum absolute atomic E-state index is 0.00926. The Hall–Kier alpha value is -2.04. The molecule has 8 nitrogen and oxygen atoms in total. The Bertz CT molecular complexity index is 1040. The SMILES string of the molecule is Cc1cscn1.Clc1cscn1.Clc1nccs1.Nc1nccs1.O=c1[nH]ccs1.c1cscn1. The fraction of sp³-hybridized carbons (Fsp3) is 0.0526. The molecule has 0 saturated carbocycles. The van der Waals surface area contributed by atoms with Crippen LogP contribution in [-0.4, -0.2) is 29.9 Å². The smallest absolute Gasteiger partial charge is 0.304 e. The zero-order valence-corrected chi connectivity index (χ0v) is 24.3. The van der Waals surface area contributed by atoms with Gasteiger partial charge < -0.3 is 10.7 Å². The number of rotatable bonds is 0. The number of thiazole rings is 6. The molecule has 0 aromatic carbocycles. The van der Waals surface area contributed by atoms with Crippen LogP contribution in [0, 0.1) is 6.92 Å². The van der Waals surface area contributed by atoms with Gasteiger partial charge in [-0.2, -0.15) is 0 Å². The molecule has 186 valence electrons. The standard InChI is InChI=1S/C4H5NS.2C3H2ClNS.C3H4N2S.C3H3NOS.C3H3NS/c1-4-2-6-3-5-4;4-3-1-6-2-5-3;2*4-3-5-1-2-6-3;5-3-4-1-2-6-3;1-2-5-3-4-1/h2-3H,1H3;2*1-2H;1-2H,(H2,4,5);1-2H,(H,4,5);1-3H. The van der Waals surface area contributed by atoms with Gasteiger partial charge in [0.2, 0.25) is 0 Å². The normalized spacial score (nSPS) is 8.66. The maximum absolute atomic E-state index is 10.0. The summed E-state index contributed by atoms with van der Waals surface area (Å²) in [5.74, 6) is 0. The summed E-state index contributed by atoms with van der Waals surface area (Å²) in [7, 11) is 0. The summed E-state index contributed by atoms with van der Waals surface area (Å²) in [4.78, 5) is 31.3. The highest BCUT2D eigenvalue weighted by atomic mass is 35.5. The summed E-state index contributed by atoms with van der Waals surface area (Å²) >= 11 is 19.5. The molecule has 0 fully saturated rings. The van der Waals surface area contributed by atoms with Crippen molar-refractivity contribution in [3.63, 3.8) is 0 Å². The van der Waals surface area contributed by atoms with Gasteiger partial charge in [-0.1, -0.05) is 34.5 Å². The van der Waals surface area contributed by atoms with Crippen molar-refractivity contribution in [3.05, 3.63) is 98.6 Å². The first-order valence-corrected chi connectivity index (χ1v) is 15.2. The Balaban J connectivity index is 0.000000210. The van der Waals surface area contributed by atoms with E-state index in [9.17, 15) is 4.79 Å². The largest absolute Gasteiger partial charge is 0.375 e. The Morgan fingerprint density at radius 1 is 0.800 bits per heavy atom. The van der Waals surface area contributed by atoms with Crippen LogP contribution in [0.15, 0.2) is 78.4 Å². The lowest BCUT2D eigenvalue weighted by Crippen LogP contribution is -1.87. The fourth-order valence-corrected chi connectivity index (χ4v) is 4.23. The minimum Gasteiger partial charge on any atom is -0.375 e. The number of hydrogen-bond acceptors (Lipinski definition) is 13. The van der Waals surface area contributed by atoms with Gasteiger partial charge in [-0.3, -0.25) is 14.8 Å². The van der Waals surface area contributed by atoms with Crippen molar-refractivity contribution in [1.29, 1.82) is 0 Å². The van der Waals surface area contributed by atoms with Gasteiger partial charge >= 0.3 is 4.87 Å². The van der Waals surface area contributed by atoms with Gasteiger partial charge in [-0.25, -0.2) is 15.0 Å². The molecule has 6 rings (SSSR count). The molecule has 0 radical (unpaired) electrons. The van der Waals surface area contributed by atoms with E-state index in [4.69, 9.17) is 28.9 Å². The molecule has 0 aliphatic heterocycles. The first-order chi connectivity index (χ1) is 17.0. The summed E-state index contributed by atoms with van der Waals surface area (Å²) in [5, 5.41) is 12.3. The number of aromatic nitrogens is 6. The maximum atomic E-state index is 10.0. The average Bonchev–Trinajstić information content (AvgIpc) is 3.66. The topological polar surface area (TPSA) is 123 Å². The fourth-order valence-electron chi connectivity index (χ4n) is 1.32. The molecule has 0 aliphatic rings. The van der Waals surface area contributed by atoms with Crippen molar-refractivity contribution < 1.29 is 0 Å². The number of nitrogens with two attached hydrogens (primary N) is 1. The van der Waals surface area contributed by atoms with E-state index in [-0.39, 0.29) is 4.87 Å². The van der Waals surface area contributed by atoms with Crippen LogP contribution in [-0.2, 0) is 0 Å². The van der Waals surface area contributed by atoms with Crippen molar-refractivity contribution in [1.82, 2.24) is 29.9 Å². The number of anilines is 1. The second-order valence-corrected chi connectivity index (χ2v) is 11.0. The molecule has 16 heteroatoms. The van der Waals surface area contributed by atoms with E-state index in [1.807, 2.05) is 34.0 Å². The van der Waals surface area contributed by atoms with Gasteiger partial charge in [0, 0.05) is 62.8 Å². The maximum Gasteiger partial charge on any atom is 0.304 e. The number of aryl methyl sites for hydroxylation is 1. The van der Waals surface area contributed by atoms with Gasteiger partial charge in [-0.15, -0.1) is 56.7 Å². The lowest BCUT2D eigenvalue weighted by molar-refractivity contribution is 1.27. The number of H-pyrrole nitrogens is 1. The predicted octanol–water partition coefficient (Wildman–Crippen LogP) is 7.35. The highest BCUT2D eigenvalue weighted by Gasteiger charge is 1.80. The number of nitrogens with zero attached hydrogens (tertiary/aromatic N) is 5. The van der Waals surface area contributed by atoms with Gasteiger partial charge in [-0.05, 0) is 6.92 Å². The monoisotopic (exact) mass is 623 g/mol. The molecule has 6 aromatic heterocycles. The van der Waals surface area contributed by atoms with Crippen molar-refractivity contribution in [3.8, 4) is 0 Å². The second-order valence-electron chi connectivity index (χ2n) is 5.12. The van der Waals surface area contributed by atoms with Crippen LogP contribution in [0.25, 0.3) is 0 Å². The van der Waals surface area contributed by atoms with Crippen molar-refractivity contribution in [2.75, 3.05) is 5.73 Å². The second kappa shape index (κ2) is 21.3. The van der Waals surface area contributed by atoms with Crippen LogP contribution < -0.4 is 10.6 Å². The third-order valence-corrected chi connectivity index (χ3v) is 6.88. The number of hydrogen-bond donors (Lipinski definition) is 2. The van der Waals surface area contributed by atoms with E-state index in [1.165, 1.54) is 45.3 Å². The molecule has 0 unspecified atom stereocenters. The third kappa shape index (κ3) is 19.9. The van der Waals surface area contributed by atoms with Crippen LogP contribution >= 0.6 is 91.2 Å². The molecule has 0 saturated heterocycles. The molecule has 0 atom stereocenters. The summed E-state index contributed by atoms with van der Waals surface area (Å²) in [5.41, 5.74) is 11.6. The van der Waals surface area contributed by atoms with Crippen LogP contribution in [0.5, 0.6) is 0 Å². The highest BCUT2D eigenvalue weighted by Crippen LogP contribution is 2.09. The van der Waals surface area contributed by atoms with Gasteiger partial charge in [0.05, 0.1) is 16.5 Å². The first kappa shape index (κ1) is 31.0. The lowest BCUT2D eigenvalue weighted by Gasteiger charge is -1.67. The van der Waals surface area contributed by atoms with Crippen LogP contribution in [0.4, 0.5) is 5.13 Å². The molecule has 6 heterocycles. The van der Waals surface area contributed by atoms with Gasteiger partial charge in [0.25, 0.3) is 0 Å². The van der Waals surface area contributed by atoms with Gasteiger partial charge in [0.1, 0.15) is 5.15 Å². The molecule has 0 amide bonds. The lowest BCUT2D eigenvalue weighted by atomic mass is 10.6. The van der Waals surface area contributed by atoms with E-state index in [0.29, 0.717) is 14.8 Å². The minimum atomic E-state index is 0.00926. The summed E-state index contributed by atoms with van der Waals surface area (Å²) in [6.45, 7) is 1.98. The summed E-state index contributed by atoms with van der Waals surface area (Å²) in [6, 6.07) is 0. The Morgan fingerprint density at radius 2 is 1.54 bits per heavy atom. The Kier molecular flexibility index (Phi) is 18.8. The van der Waals surface area contributed by atoms with Crippen molar-refractivity contribution in [2.24, 2.45) is 0 Å². The van der Waals surface area contributed by atoms with E-state index < -0.39 is 0 Å². The molecular formula is C19H19Cl2N7OS6. The van der Waals surface area contributed by atoms with E-state index in [1.54, 1.807) is 69.2 Å². The Labute approximate surface area is 235 Å². The molecule has 0 aliphatic carbocycles. The van der Waals surface area contributed by atoms with Crippen LogP contribution in [0.1, 0.15) is 5.69 Å². The van der Waals surface area contributed by atoms with E-state index >= 15 is 0 Å². The molecule has 35 heavy (non-hydrogen) atoms. The average molecular weight is 625 g/mol. The summed E-state index contributed by atoms with van der Waals surface area (Å²) < 4.78 is 0.606. The number of nitrogen functional groups attached to an aromatic ring is 1. The van der Waals surface area contributed by atoms with Crippen molar-refractivity contribution in [2.45, 2.75) is 6.92 Å². The molecule has 0 bridgehead atoms. The number of halogens is 2. The van der Waals surface area contributed by atoms with Crippen LogP contribution in [0.3, 0.4) is 0 Å². The molecule has 0 spiro atoms. The quantitative estimate of drug-likeness (QED) is 0.181. The molecule has 3 N–H and O–H groups in total. The zero-order valence-electron chi connectivity index (χ0n) is 17.9.